The van der Waals surface area contributed by atoms with Crippen LogP contribution in [0.4, 0.5) is 10.5 Å². The van der Waals surface area contributed by atoms with Gasteiger partial charge in [-0.15, -0.1) is 0 Å². The molecule has 1 aromatic carbocycles. The molecule has 0 unspecified atom stereocenters. The largest absolute Gasteiger partial charge is 0.444 e. The van der Waals surface area contributed by atoms with Gasteiger partial charge in [-0.05, 0) is 70.4 Å². The van der Waals surface area contributed by atoms with E-state index in [-0.39, 0.29) is 6.09 Å². The second-order valence-electron chi connectivity index (χ2n) is 9.63. The maximum Gasteiger partial charge on any atom is 0.407 e. The van der Waals surface area contributed by atoms with E-state index >= 15 is 0 Å². The van der Waals surface area contributed by atoms with Crippen LogP contribution in [0.25, 0.3) is 0 Å². The first-order valence-corrected chi connectivity index (χ1v) is 11.8. The molecule has 2 fully saturated rings. The van der Waals surface area contributed by atoms with Gasteiger partial charge in [0.2, 0.25) is 0 Å². The van der Waals surface area contributed by atoms with E-state index in [1.807, 2.05) is 32.9 Å². The quantitative estimate of drug-likeness (QED) is 0.640. The van der Waals surface area contributed by atoms with Crippen LogP contribution in [-0.4, -0.2) is 55.9 Å². The monoisotopic (exact) mass is 455 g/mol. The van der Waals surface area contributed by atoms with Crippen LogP contribution in [0.2, 0.25) is 10.0 Å². The second kappa shape index (κ2) is 10.4. The predicted molar refractivity (Wildman–Crippen MR) is 125 cm³/mol. The maximum atomic E-state index is 11.8. The SMILES string of the molecule is CC(C)(C)OC(=O)NCC1CCC(CN2CCN(c3cccc(Cl)c3Cl)CC2)CC1. The van der Waals surface area contributed by atoms with Crippen molar-refractivity contribution in [3.05, 3.63) is 28.2 Å². The first-order valence-electron chi connectivity index (χ1n) is 11.1. The summed E-state index contributed by atoms with van der Waals surface area (Å²) in [5.74, 6) is 1.32. The molecular weight excluding hydrogens is 421 g/mol. The molecule has 0 atom stereocenters. The summed E-state index contributed by atoms with van der Waals surface area (Å²) in [6, 6.07) is 5.85. The van der Waals surface area contributed by atoms with Crippen LogP contribution >= 0.6 is 23.2 Å². The summed E-state index contributed by atoms with van der Waals surface area (Å²) in [5.41, 5.74) is 0.603. The fraction of sp³-hybridized carbons (Fsp3) is 0.696. The van der Waals surface area contributed by atoms with Gasteiger partial charge in [-0.25, -0.2) is 4.79 Å². The Labute approximate surface area is 191 Å². The molecule has 1 aliphatic heterocycles. The Balaban J connectivity index is 1.35. The van der Waals surface area contributed by atoms with E-state index in [0.29, 0.717) is 16.0 Å². The van der Waals surface area contributed by atoms with Gasteiger partial charge in [-0.2, -0.15) is 0 Å². The molecule has 1 heterocycles. The van der Waals surface area contributed by atoms with E-state index in [2.05, 4.69) is 21.2 Å². The molecule has 1 N–H and O–H groups in total. The van der Waals surface area contributed by atoms with E-state index < -0.39 is 5.60 Å². The molecule has 5 nitrogen and oxygen atoms in total. The van der Waals surface area contributed by atoms with Crippen molar-refractivity contribution in [2.45, 2.75) is 52.1 Å². The summed E-state index contributed by atoms with van der Waals surface area (Å²) in [7, 11) is 0. The summed E-state index contributed by atoms with van der Waals surface area (Å²) in [4.78, 5) is 16.8. The molecule has 1 aliphatic carbocycles. The smallest absolute Gasteiger partial charge is 0.407 e. The number of amides is 1. The Kier molecular flexibility index (Phi) is 8.17. The zero-order valence-electron chi connectivity index (χ0n) is 18.4. The minimum Gasteiger partial charge on any atom is -0.444 e. The van der Waals surface area contributed by atoms with E-state index in [4.69, 9.17) is 27.9 Å². The lowest BCUT2D eigenvalue weighted by Crippen LogP contribution is -2.48. The normalized spacial score (nSPS) is 23.3. The van der Waals surface area contributed by atoms with Crippen LogP contribution in [0.5, 0.6) is 0 Å². The Morgan fingerprint density at radius 3 is 2.33 bits per heavy atom. The van der Waals surface area contributed by atoms with Gasteiger partial charge in [-0.3, -0.25) is 4.90 Å². The fourth-order valence-corrected chi connectivity index (χ4v) is 4.85. The summed E-state index contributed by atoms with van der Waals surface area (Å²) in [6.45, 7) is 11.6. The lowest BCUT2D eigenvalue weighted by Gasteiger charge is -2.39. The third-order valence-corrected chi connectivity index (χ3v) is 6.87. The minimum absolute atomic E-state index is 0.303. The molecule has 0 radical (unpaired) electrons. The van der Waals surface area contributed by atoms with Crippen LogP contribution in [-0.2, 0) is 4.74 Å². The molecule has 7 heteroatoms. The third kappa shape index (κ3) is 6.93. The molecule has 0 spiro atoms. The highest BCUT2D eigenvalue weighted by molar-refractivity contribution is 6.43. The van der Waals surface area contributed by atoms with E-state index in [9.17, 15) is 4.79 Å². The predicted octanol–water partition coefficient (Wildman–Crippen LogP) is 5.45. The number of piperazine rings is 1. The van der Waals surface area contributed by atoms with Crippen molar-refractivity contribution >= 4 is 35.0 Å². The number of anilines is 1. The zero-order chi connectivity index (χ0) is 21.7. The number of hydrogen-bond donors (Lipinski definition) is 1. The lowest BCUT2D eigenvalue weighted by atomic mass is 9.81. The summed E-state index contributed by atoms with van der Waals surface area (Å²) >= 11 is 12.6. The molecular formula is C23H35Cl2N3O2. The number of benzene rings is 1. The highest BCUT2D eigenvalue weighted by Crippen LogP contribution is 2.33. The summed E-state index contributed by atoms with van der Waals surface area (Å²) in [5, 5.41) is 4.21. The molecule has 1 aromatic rings. The number of rotatable bonds is 5. The van der Waals surface area contributed by atoms with Gasteiger partial charge in [0.1, 0.15) is 5.60 Å². The molecule has 168 valence electrons. The topological polar surface area (TPSA) is 44.8 Å². The van der Waals surface area contributed by atoms with Gasteiger partial charge in [0.25, 0.3) is 0 Å². The molecule has 3 rings (SSSR count). The van der Waals surface area contributed by atoms with Crippen molar-refractivity contribution in [2.24, 2.45) is 11.8 Å². The lowest BCUT2D eigenvalue weighted by molar-refractivity contribution is 0.0512. The average molecular weight is 456 g/mol. The van der Waals surface area contributed by atoms with Crippen molar-refractivity contribution < 1.29 is 9.53 Å². The van der Waals surface area contributed by atoms with Gasteiger partial charge < -0.3 is 15.0 Å². The Morgan fingerprint density at radius 1 is 1.07 bits per heavy atom. The molecule has 0 aromatic heterocycles. The Bertz CT molecular complexity index is 707. The number of nitrogens with one attached hydrogen (secondary N) is 1. The molecule has 0 bridgehead atoms. The molecule has 30 heavy (non-hydrogen) atoms. The van der Waals surface area contributed by atoms with Crippen LogP contribution in [0.3, 0.4) is 0 Å². The maximum absolute atomic E-state index is 11.8. The van der Waals surface area contributed by atoms with Crippen molar-refractivity contribution in [3.63, 3.8) is 0 Å². The number of alkyl carbamates (subject to hydrolysis) is 1. The highest BCUT2D eigenvalue weighted by Gasteiger charge is 2.26. The van der Waals surface area contributed by atoms with Crippen LogP contribution < -0.4 is 10.2 Å². The van der Waals surface area contributed by atoms with Gasteiger partial charge in [-0.1, -0.05) is 29.3 Å². The number of carbonyl (C=O) groups is 1. The second-order valence-corrected chi connectivity index (χ2v) is 10.4. The van der Waals surface area contributed by atoms with Crippen molar-refractivity contribution in [1.82, 2.24) is 10.2 Å². The van der Waals surface area contributed by atoms with Crippen LogP contribution in [0, 0.1) is 11.8 Å². The summed E-state index contributed by atoms with van der Waals surface area (Å²) < 4.78 is 5.33. The van der Waals surface area contributed by atoms with Crippen LogP contribution in [0.1, 0.15) is 46.5 Å². The molecule has 1 amide bonds. The van der Waals surface area contributed by atoms with Gasteiger partial charge in [0.15, 0.2) is 0 Å². The van der Waals surface area contributed by atoms with Crippen molar-refractivity contribution in [1.29, 1.82) is 0 Å². The molecule has 2 aliphatic rings. The third-order valence-electron chi connectivity index (χ3n) is 6.06. The van der Waals surface area contributed by atoms with E-state index in [1.54, 1.807) is 0 Å². The first-order chi connectivity index (χ1) is 14.2. The minimum atomic E-state index is -0.441. The number of ether oxygens (including phenoxy) is 1. The zero-order valence-corrected chi connectivity index (χ0v) is 19.9. The number of carbonyl (C=O) groups excluding carboxylic acids is 1. The number of hydrogen-bond acceptors (Lipinski definition) is 4. The molecule has 1 saturated carbocycles. The summed E-state index contributed by atoms with van der Waals surface area (Å²) in [6.07, 6.45) is 4.53. The highest BCUT2D eigenvalue weighted by atomic mass is 35.5. The number of halogens is 2. The van der Waals surface area contributed by atoms with Crippen molar-refractivity contribution in [3.8, 4) is 0 Å². The van der Waals surface area contributed by atoms with Crippen LogP contribution in [0.15, 0.2) is 18.2 Å². The Hall–Kier alpha value is -1.17. The first kappa shape index (κ1) is 23.5. The number of nitrogens with zero attached hydrogens (tertiary/aromatic N) is 2. The molecule has 1 saturated heterocycles. The Morgan fingerprint density at radius 2 is 1.70 bits per heavy atom. The van der Waals surface area contributed by atoms with Gasteiger partial charge in [0, 0.05) is 39.3 Å². The van der Waals surface area contributed by atoms with Crippen molar-refractivity contribution in [2.75, 3.05) is 44.2 Å². The van der Waals surface area contributed by atoms with E-state index in [0.717, 1.165) is 44.3 Å². The fourth-order valence-electron chi connectivity index (χ4n) is 4.43. The van der Waals surface area contributed by atoms with Gasteiger partial charge in [0.05, 0.1) is 15.7 Å². The van der Waals surface area contributed by atoms with E-state index in [1.165, 1.54) is 32.2 Å². The standard InChI is InChI=1S/C23H35Cl2N3O2/c1-23(2,3)30-22(29)26-15-17-7-9-18(10-8-17)16-27-11-13-28(14-12-27)20-6-4-5-19(24)21(20)25/h4-6,17-18H,7-16H2,1-3H3,(H,26,29). The van der Waals surface area contributed by atoms with Gasteiger partial charge >= 0.3 is 6.09 Å². The average Bonchev–Trinajstić information content (AvgIpc) is 2.69.